The quantitative estimate of drug-likeness (QED) is 0.618. The molecule has 1 aromatic rings. The van der Waals surface area contributed by atoms with Gasteiger partial charge < -0.3 is 20.5 Å². The zero-order valence-electron chi connectivity index (χ0n) is 10.9. The summed E-state index contributed by atoms with van der Waals surface area (Å²) < 4.78 is 10.2. The summed E-state index contributed by atoms with van der Waals surface area (Å²) in [5.41, 5.74) is 5.07. The molecule has 0 spiro atoms. The van der Waals surface area contributed by atoms with Crippen molar-refractivity contribution in [2.75, 3.05) is 25.6 Å². The van der Waals surface area contributed by atoms with E-state index in [1.165, 1.54) is 25.3 Å². The fraction of sp³-hybridized carbons (Fsp3) is 0.417. The van der Waals surface area contributed by atoms with E-state index in [1.54, 1.807) is 0 Å². The minimum Gasteiger partial charge on any atom is -0.494 e. The lowest BCUT2D eigenvalue weighted by molar-refractivity contribution is -0.384. The van der Waals surface area contributed by atoms with Gasteiger partial charge in [-0.15, -0.1) is 0 Å². The normalized spacial score (nSPS) is 21.5. The van der Waals surface area contributed by atoms with Crippen molar-refractivity contribution in [2.45, 2.75) is 12.0 Å². The first-order chi connectivity index (χ1) is 9.46. The molecule has 2 rings (SSSR count). The highest BCUT2D eigenvalue weighted by Crippen LogP contribution is 2.30. The van der Waals surface area contributed by atoms with Gasteiger partial charge in [-0.2, -0.15) is 0 Å². The molecule has 8 heteroatoms. The Labute approximate surface area is 115 Å². The molecule has 1 amide bonds. The topological polar surface area (TPSA) is 117 Å². The molecular weight excluding hydrogens is 266 g/mol. The van der Waals surface area contributed by atoms with Crippen molar-refractivity contribution in [3.63, 3.8) is 0 Å². The molecule has 1 atom stereocenters. The van der Waals surface area contributed by atoms with Gasteiger partial charge in [0.1, 0.15) is 11.3 Å². The van der Waals surface area contributed by atoms with Gasteiger partial charge in [-0.1, -0.05) is 0 Å². The Kier molecular flexibility index (Phi) is 3.86. The molecule has 8 nitrogen and oxygen atoms in total. The highest BCUT2D eigenvalue weighted by Gasteiger charge is 2.38. The van der Waals surface area contributed by atoms with Gasteiger partial charge in [-0.3, -0.25) is 14.9 Å². The molecule has 0 aliphatic carbocycles. The Bertz CT molecular complexity index is 540. The number of nitrogens with one attached hydrogen (secondary N) is 1. The van der Waals surface area contributed by atoms with Crippen LogP contribution in [0.4, 0.5) is 11.4 Å². The number of rotatable bonds is 4. The van der Waals surface area contributed by atoms with Crippen LogP contribution in [0.2, 0.25) is 0 Å². The monoisotopic (exact) mass is 281 g/mol. The summed E-state index contributed by atoms with van der Waals surface area (Å²) in [5.74, 6) is -0.197. The van der Waals surface area contributed by atoms with Crippen molar-refractivity contribution in [1.29, 1.82) is 0 Å². The lowest BCUT2D eigenvalue weighted by atomic mass is 9.99. The molecule has 1 aliphatic heterocycles. The van der Waals surface area contributed by atoms with Gasteiger partial charge in [0.2, 0.25) is 5.91 Å². The summed E-state index contributed by atoms with van der Waals surface area (Å²) in [6, 6.07) is 3.93. The molecule has 1 saturated heterocycles. The maximum atomic E-state index is 12.1. The summed E-state index contributed by atoms with van der Waals surface area (Å²) in [7, 11) is 1.37. The van der Waals surface area contributed by atoms with E-state index in [2.05, 4.69) is 5.32 Å². The van der Waals surface area contributed by atoms with Crippen molar-refractivity contribution in [3.8, 4) is 5.75 Å². The molecule has 20 heavy (non-hydrogen) atoms. The third kappa shape index (κ3) is 2.70. The summed E-state index contributed by atoms with van der Waals surface area (Å²) >= 11 is 0. The fourth-order valence-corrected chi connectivity index (χ4v) is 1.90. The highest BCUT2D eigenvalue weighted by atomic mass is 16.6. The van der Waals surface area contributed by atoms with E-state index in [0.29, 0.717) is 18.7 Å². The molecule has 1 aliphatic rings. The number of nitrogens with two attached hydrogens (primary N) is 1. The highest BCUT2D eigenvalue weighted by molar-refractivity contribution is 5.99. The van der Waals surface area contributed by atoms with E-state index in [0.717, 1.165) is 0 Å². The van der Waals surface area contributed by atoms with Crippen LogP contribution in [0.1, 0.15) is 6.42 Å². The molecule has 0 saturated carbocycles. The Morgan fingerprint density at radius 1 is 1.60 bits per heavy atom. The Balaban J connectivity index is 2.20. The van der Waals surface area contributed by atoms with Gasteiger partial charge in [0.05, 0.1) is 30.4 Å². The van der Waals surface area contributed by atoms with Crippen LogP contribution in [0.5, 0.6) is 5.75 Å². The molecule has 0 bridgehead atoms. The van der Waals surface area contributed by atoms with Crippen LogP contribution in [0.15, 0.2) is 18.2 Å². The average molecular weight is 281 g/mol. The predicted molar refractivity (Wildman–Crippen MR) is 70.6 cm³/mol. The number of amides is 1. The van der Waals surface area contributed by atoms with Crippen molar-refractivity contribution in [3.05, 3.63) is 28.3 Å². The van der Waals surface area contributed by atoms with Crippen molar-refractivity contribution in [2.24, 2.45) is 5.73 Å². The maximum Gasteiger partial charge on any atom is 0.273 e. The fourth-order valence-electron chi connectivity index (χ4n) is 1.90. The number of benzene rings is 1. The summed E-state index contributed by atoms with van der Waals surface area (Å²) in [6.45, 7) is 0.579. The van der Waals surface area contributed by atoms with Gasteiger partial charge in [-0.05, 0) is 12.5 Å². The lowest BCUT2D eigenvalue weighted by Crippen LogP contribution is -2.51. The lowest BCUT2D eigenvalue weighted by Gasteiger charge is -2.21. The minimum absolute atomic E-state index is 0.119. The summed E-state index contributed by atoms with van der Waals surface area (Å²) in [6.07, 6.45) is 0.425. The molecule has 0 radical (unpaired) electrons. The standard InChI is InChI=1S/C12H15N3O5/c1-19-10-6-8(15(17)18)2-3-9(10)14-11(16)12(13)4-5-20-7-12/h2-3,6H,4-5,7,13H2,1H3,(H,14,16). The van der Waals surface area contributed by atoms with Crippen molar-refractivity contribution >= 4 is 17.3 Å². The third-order valence-electron chi connectivity index (χ3n) is 3.15. The zero-order chi connectivity index (χ0) is 14.8. The van der Waals surface area contributed by atoms with Crippen molar-refractivity contribution < 1.29 is 19.2 Å². The summed E-state index contributed by atoms with van der Waals surface area (Å²) in [4.78, 5) is 22.3. The van der Waals surface area contributed by atoms with Gasteiger partial charge in [-0.25, -0.2) is 0 Å². The van der Waals surface area contributed by atoms with Crippen LogP contribution in [0.25, 0.3) is 0 Å². The molecule has 3 N–H and O–H groups in total. The van der Waals surface area contributed by atoms with Gasteiger partial charge in [0.25, 0.3) is 5.69 Å². The second-order valence-electron chi connectivity index (χ2n) is 4.55. The Morgan fingerprint density at radius 3 is 2.90 bits per heavy atom. The molecule has 1 heterocycles. The molecular formula is C12H15N3O5. The second-order valence-corrected chi connectivity index (χ2v) is 4.55. The first-order valence-corrected chi connectivity index (χ1v) is 5.97. The smallest absolute Gasteiger partial charge is 0.273 e. The van der Waals surface area contributed by atoms with E-state index in [4.69, 9.17) is 15.2 Å². The van der Waals surface area contributed by atoms with Gasteiger partial charge >= 0.3 is 0 Å². The van der Waals surface area contributed by atoms with Crippen LogP contribution in [0.3, 0.4) is 0 Å². The number of hydrogen-bond acceptors (Lipinski definition) is 6. The number of anilines is 1. The number of hydrogen-bond donors (Lipinski definition) is 2. The first-order valence-electron chi connectivity index (χ1n) is 5.97. The number of nitro benzene ring substituents is 1. The van der Waals surface area contributed by atoms with Gasteiger partial charge in [0, 0.05) is 12.7 Å². The van der Waals surface area contributed by atoms with E-state index >= 15 is 0 Å². The van der Waals surface area contributed by atoms with E-state index in [9.17, 15) is 14.9 Å². The maximum absolute atomic E-state index is 12.1. The van der Waals surface area contributed by atoms with Gasteiger partial charge in [0.15, 0.2) is 0 Å². The third-order valence-corrected chi connectivity index (χ3v) is 3.15. The van der Waals surface area contributed by atoms with Crippen LogP contribution in [-0.2, 0) is 9.53 Å². The van der Waals surface area contributed by atoms with E-state index < -0.39 is 16.4 Å². The van der Waals surface area contributed by atoms with Crippen LogP contribution in [-0.4, -0.2) is 36.7 Å². The predicted octanol–water partition coefficient (Wildman–Crippen LogP) is 0.660. The molecule has 0 aromatic heterocycles. The molecule has 1 unspecified atom stereocenters. The van der Waals surface area contributed by atoms with Crippen LogP contribution < -0.4 is 15.8 Å². The summed E-state index contributed by atoms with van der Waals surface area (Å²) in [5, 5.41) is 13.3. The van der Waals surface area contributed by atoms with Crippen LogP contribution >= 0.6 is 0 Å². The number of carbonyl (C=O) groups is 1. The van der Waals surface area contributed by atoms with Crippen LogP contribution in [0, 0.1) is 10.1 Å². The number of ether oxygens (including phenoxy) is 2. The molecule has 108 valence electrons. The largest absolute Gasteiger partial charge is 0.494 e. The number of nitro groups is 1. The molecule has 1 aromatic carbocycles. The number of methoxy groups -OCH3 is 1. The van der Waals surface area contributed by atoms with E-state index in [1.807, 2.05) is 0 Å². The van der Waals surface area contributed by atoms with E-state index in [-0.39, 0.29) is 18.0 Å². The minimum atomic E-state index is -1.08. The second kappa shape index (κ2) is 5.43. The molecule has 1 fully saturated rings. The Hall–Kier alpha value is -2.19. The SMILES string of the molecule is COc1cc([N+](=O)[O-])ccc1NC(=O)C1(N)CCOC1. The Morgan fingerprint density at radius 2 is 2.35 bits per heavy atom. The number of carbonyl (C=O) groups excluding carboxylic acids is 1. The van der Waals surface area contributed by atoms with Crippen molar-refractivity contribution in [1.82, 2.24) is 0 Å². The average Bonchev–Trinajstić information content (AvgIpc) is 2.87. The first kappa shape index (κ1) is 14.2. The number of nitrogens with zero attached hydrogens (tertiary/aromatic N) is 1. The number of non-ortho nitro benzene ring substituents is 1. The zero-order valence-corrected chi connectivity index (χ0v) is 10.9.